The Labute approximate surface area is 183 Å². The first-order valence-corrected chi connectivity index (χ1v) is 10.6. The second-order valence-electron chi connectivity index (χ2n) is 7.72. The highest BCUT2D eigenvalue weighted by Gasteiger charge is 2.14. The summed E-state index contributed by atoms with van der Waals surface area (Å²) in [6, 6.07) is 17.7. The van der Waals surface area contributed by atoms with E-state index in [9.17, 15) is 4.79 Å². The van der Waals surface area contributed by atoms with Gasteiger partial charge < -0.3 is 20.3 Å². The number of nitrogens with zero attached hydrogens (tertiary/aromatic N) is 2. The molecule has 0 spiro atoms. The average Bonchev–Trinajstić information content (AvgIpc) is 2.82. The highest BCUT2D eigenvalue weighted by molar-refractivity contribution is 6.00. The third-order valence-electron chi connectivity index (χ3n) is 5.64. The summed E-state index contributed by atoms with van der Waals surface area (Å²) in [7, 11) is 0. The molecule has 0 bridgehead atoms. The number of benzene rings is 2. The Morgan fingerprint density at radius 3 is 2.55 bits per heavy atom. The summed E-state index contributed by atoms with van der Waals surface area (Å²) in [5.41, 5.74) is 5.74. The standard InChI is InChI=1S/C25H28N4O2/c1-18-6-5-9-22(19(18)2)28-23-8-4-3-7-21(23)25(30)27-17-20-10-11-24(26-16-20)29-12-14-31-15-13-29/h3-11,16,28H,12-15,17H2,1-2H3,(H,27,30). The molecule has 3 aromatic rings. The van der Waals surface area contributed by atoms with E-state index in [1.807, 2.05) is 54.7 Å². The van der Waals surface area contributed by atoms with E-state index in [0.717, 1.165) is 49.1 Å². The summed E-state index contributed by atoms with van der Waals surface area (Å²) in [6.45, 7) is 7.75. The molecular formula is C25H28N4O2. The Kier molecular flexibility index (Phi) is 6.48. The zero-order chi connectivity index (χ0) is 21.6. The quantitative estimate of drug-likeness (QED) is 0.630. The third-order valence-corrected chi connectivity index (χ3v) is 5.64. The molecule has 4 rings (SSSR count). The molecule has 0 unspecified atom stereocenters. The molecule has 31 heavy (non-hydrogen) atoms. The van der Waals surface area contributed by atoms with E-state index in [0.29, 0.717) is 12.1 Å². The van der Waals surface area contributed by atoms with Crippen LogP contribution in [0.15, 0.2) is 60.8 Å². The summed E-state index contributed by atoms with van der Waals surface area (Å²) in [4.78, 5) is 19.7. The van der Waals surface area contributed by atoms with Crippen LogP contribution in [0.4, 0.5) is 17.2 Å². The van der Waals surface area contributed by atoms with Gasteiger partial charge >= 0.3 is 0 Å². The highest BCUT2D eigenvalue weighted by atomic mass is 16.5. The fourth-order valence-corrected chi connectivity index (χ4v) is 3.60. The summed E-state index contributed by atoms with van der Waals surface area (Å²) in [5, 5.41) is 6.43. The number of hydrogen-bond acceptors (Lipinski definition) is 5. The van der Waals surface area contributed by atoms with Crippen molar-refractivity contribution in [2.24, 2.45) is 0 Å². The van der Waals surface area contributed by atoms with E-state index in [1.54, 1.807) is 0 Å². The molecule has 1 aliphatic heterocycles. The van der Waals surface area contributed by atoms with Gasteiger partial charge in [-0.15, -0.1) is 0 Å². The molecular weight excluding hydrogens is 388 g/mol. The fraction of sp³-hybridized carbons (Fsp3) is 0.280. The Hall–Kier alpha value is -3.38. The lowest BCUT2D eigenvalue weighted by Gasteiger charge is -2.27. The fourth-order valence-electron chi connectivity index (χ4n) is 3.60. The molecule has 0 saturated carbocycles. The summed E-state index contributed by atoms with van der Waals surface area (Å²) in [6.07, 6.45) is 1.82. The van der Waals surface area contributed by atoms with Crippen LogP contribution in [0, 0.1) is 13.8 Å². The van der Waals surface area contributed by atoms with Gasteiger partial charge in [-0.1, -0.05) is 30.3 Å². The maximum Gasteiger partial charge on any atom is 0.253 e. The zero-order valence-electron chi connectivity index (χ0n) is 18.0. The van der Waals surface area contributed by atoms with Crippen molar-refractivity contribution < 1.29 is 9.53 Å². The molecule has 1 saturated heterocycles. The van der Waals surface area contributed by atoms with Crippen molar-refractivity contribution in [1.82, 2.24) is 10.3 Å². The number of carbonyl (C=O) groups excluding carboxylic acids is 1. The topological polar surface area (TPSA) is 66.5 Å². The Morgan fingerprint density at radius 1 is 1.00 bits per heavy atom. The van der Waals surface area contributed by atoms with Crippen LogP contribution in [0.5, 0.6) is 0 Å². The number of para-hydroxylation sites is 1. The van der Waals surface area contributed by atoms with Crippen LogP contribution in [-0.2, 0) is 11.3 Å². The lowest BCUT2D eigenvalue weighted by molar-refractivity contribution is 0.0951. The number of aromatic nitrogens is 1. The lowest BCUT2D eigenvalue weighted by atomic mass is 10.1. The van der Waals surface area contributed by atoms with Gasteiger partial charge in [0, 0.05) is 31.5 Å². The molecule has 1 aromatic heterocycles. The summed E-state index contributed by atoms with van der Waals surface area (Å²) in [5.74, 6) is 0.826. The first kappa shape index (κ1) is 20.9. The molecule has 160 valence electrons. The van der Waals surface area contributed by atoms with Gasteiger partial charge in [-0.25, -0.2) is 4.98 Å². The minimum absolute atomic E-state index is 0.120. The van der Waals surface area contributed by atoms with Crippen molar-refractivity contribution in [1.29, 1.82) is 0 Å². The van der Waals surface area contributed by atoms with Gasteiger partial charge in [0.05, 0.1) is 24.5 Å². The number of anilines is 3. The normalized spacial score (nSPS) is 13.7. The predicted octanol–water partition coefficient (Wildman–Crippen LogP) is 4.21. The molecule has 6 nitrogen and oxygen atoms in total. The van der Waals surface area contributed by atoms with Crippen molar-refractivity contribution in [3.8, 4) is 0 Å². The van der Waals surface area contributed by atoms with Crippen LogP contribution in [0.2, 0.25) is 0 Å². The van der Waals surface area contributed by atoms with Crippen molar-refractivity contribution >= 4 is 23.1 Å². The molecule has 6 heteroatoms. The van der Waals surface area contributed by atoms with Crippen LogP contribution >= 0.6 is 0 Å². The van der Waals surface area contributed by atoms with E-state index in [1.165, 1.54) is 11.1 Å². The molecule has 1 amide bonds. The van der Waals surface area contributed by atoms with Crippen LogP contribution in [0.1, 0.15) is 27.0 Å². The number of morpholine rings is 1. The monoisotopic (exact) mass is 416 g/mol. The minimum atomic E-state index is -0.120. The number of amides is 1. The van der Waals surface area contributed by atoms with Crippen molar-refractivity contribution in [3.63, 3.8) is 0 Å². The first-order chi connectivity index (χ1) is 15.1. The number of nitrogens with one attached hydrogen (secondary N) is 2. The van der Waals surface area contributed by atoms with Gasteiger partial charge in [0.2, 0.25) is 0 Å². The zero-order valence-corrected chi connectivity index (χ0v) is 18.0. The smallest absolute Gasteiger partial charge is 0.253 e. The second-order valence-corrected chi connectivity index (χ2v) is 7.72. The average molecular weight is 417 g/mol. The van der Waals surface area contributed by atoms with Gasteiger partial charge in [-0.2, -0.15) is 0 Å². The van der Waals surface area contributed by atoms with E-state index in [4.69, 9.17) is 4.74 Å². The van der Waals surface area contributed by atoms with Crippen molar-refractivity contribution in [2.45, 2.75) is 20.4 Å². The lowest BCUT2D eigenvalue weighted by Crippen LogP contribution is -2.36. The molecule has 1 fully saturated rings. The van der Waals surface area contributed by atoms with Gasteiger partial charge in [0.15, 0.2) is 0 Å². The molecule has 2 N–H and O–H groups in total. The van der Waals surface area contributed by atoms with Gasteiger partial charge in [0.1, 0.15) is 5.82 Å². The van der Waals surface area contributed by atoms with Gasteiger partial charge in [0.25, 0.3) is 5.91 Å². The van der Waals surface area contributed by atoms with E-state index >= 15 is 0 Å². The van der Waals surface area contributed by atoms with Crippen molar-refractivity contribution in [3.05, 3.63) is 83.0 Å². The maximum atomic E-state index is 12.9. The number of rotatable bonds is 6. The van der Waals surface area contributed by atoms with Gasteiger partial charge in [-0.05, 0) is 54.8 Å². The number of pyridine rings is 1. The van der Waals surface area contributed by atoms with Gasteiger partial charge in [-0.3, -0.25) is 4.79 Å². The van der Waals surface area contributed by atoms with E-state index in [-0.39, 0.29) is 5.91 Å². The van der Waals surface area contributed by atoms with Crippen LogP contribution in [0.3, 0.4) is 0 Å². The van der Waals surface area contributed by atoms with Crippen LogP contribution in [0.25, 0.3) is 0 Å². The van der Waals surface area contributed by atoms with Crippen LogP contribution < -0.4 is 15.5 Å². The Morgan fingerprint density at radius 2 is 1.77 bits per heavy atom. The molecule has 2 aromatic carbocycles. The number of ether oxygens (including phenoxy) is 1. The molecule has 0 atom stereocenters. The predicted molar refractivity (Wildman–Crippen MR) is 124 cm³/mol. The minimum Gasteiger partial charge on any atom is -0.378 e. The SMILES string of the molecule is Cc1cccc(Nc2ccccc2C(=O)NCc2ccc(N3CCOCC3)nc2)c1C. The maximum absolute atomic E-state index is 12.9. The summed E-state index contributed by atoms with van der Waals surface area (Å²) >= 11 is 0. The van der Waals surface area contributed by atoms with Crippen molar-refractivity contribution in [2.75, 3.05) is 36.5 Å². The number of hydrogen-bond donors (Lipinski definition) is 2. The Balaban J connectivity index is 1.41. The molecule has 0 radical (unpaired) electrons. The molecule has 0 aliphatic carbocycles. The molecule has 2 heterocycles. The highest BCUT2D eigenvalue weighted by Crippen LogP contribution is 2.25. The Bertz CT molecular complexity index is 1040. The number of aryl methyl sites for hydroxylation is 1. The summed E-state index contributed by atoms with van der Waals surface area (Å²) < 4.78 is 5.39. The van der Waals surface area contributed by atoms with E-state index in [2.05, 4.69) is 40.4 Å². The third kappa shape index (κ3) is 5.03. The largest absolute Gasteiger partial charge is 0.378 e. The number of carbonyl (C=O) groups is 1. The van der Waals surface area contributed by atoms with E-state index < -0.39 is 0 Å². The first-order valence-electron chi connectivity index (χ1n) is 10.6. The van der Waals surface area contributed by atoms with Crippen LogP contribution in [-0.4, -0.2) is 37.2 Å². The second kappa shape index (κ2) is 9.62. The molecule has 1 aliphatic rings.